The number of H-pyrrole nitrogens is 1. The molecule has 3 nitrogen and oxygen atoms in total. The van der Waals surface area contributed by atoms with Gasteiger partial charge in [0.1, 0.15) is 5.82 Å². The van der Waals surface area contributed by atoms with Gasteiger partial charge in [0, 0.05) is 11.5 Å². The molecule has 0 unspecified atom stereocenters. The Morgan fingerprint density at radius 3 is 2.93 bits per heavy atom. The molecule has 4 heteroatoms. The molecule has 1 aliphatic rings. The van der Waals surface area contributed by atoms with E-state index in [1.165, 1.54) is 12.8 Å². The van der Waals surface area contributed by atoms with E-state index in [0.29, 0.717) is 16.5 Å². The van der Waals surface area contributed by atoms with E-state index in [0.717, 1.165) is 23.1 Å². The molecule has 0 amide bonds. The van der Waals surface area contributed by atoms with E-state index in [4.69, 9.17) is 11.6 Å². The second-order valence-corrected chi connectivity index (χ2v) is 4.31. The summed E-state index contributed by atoms with van der Waals surface area (Å²) in [6, 6.07) is 3.49. The molecule has 1 N–H and O–H groups in total. The molecule has 0 radical (unpaired) electrons. The van der Waals surface area contributed by atoms with Gasteiger partial charge in [-0.1, -0.05) is 11.6 Å². The molecule has 0 aliphatic heterocycles. The van der Waals surface area contributed by atoms with Crippen LogP contribution in [0.25, 0.3) is 11.0 Å². The maximum Gasteiger partial charge on any atom is 0.151 e. The predicted octanol–water partition coefficient (Wildman–Crippen LogP) is 2.91. The zero-order valence-electron chi connectivity index (χ0n) is 7.96. The van der Waals surface area contributed by atoms with Crippen molar-refractivity contribution in [3.05, 3.63) is 28.5 Å². The number of aromatic nitrogens is 2. The Hall–Kier alpha value is -1.35. The number of hydrogen-bond acceptors (Lipinski definition) is 2. The summed E-state index contributed by atoms with van der Waals surface area (Å²) in [5, 5.41) is 0.475. The van der Waals surface area contributed by atoms with Gasteiger partial charge in [-0.25, -0.2) is 4.98 Å². The zero-order chi connectivity index (χ0) is 10.4. The minimum Gasteiger partial charge on any atom is -0.342 e. The second kappa shape index (κ2) is 3.07. The van der Waals surface area contributed by atoms with Crippen LogP contribution in [-0.2, 0) is 0 Å². The first-order valence-corrected chi connectivity index (χ1v) is 5.30. The van der Waals surface area contributed by atoms with Crippen LogP contribution in [0.5, 0.6) is 0 Å². The molecular weight excluding hydrogens is 212 g/mol. The zero-order valence-corrected chi connectivity index (χ0v) is 8.71. The largest absolute Gasteiger partial charge is 0.342 e. The standard InChI is InChI=1S/C11H9ClN2O/c12-8-4-10-9(3-7(8)5-15)13-11(14-10)6-1-2-6/h3-6H,1-2H2,(H,13,14). The third-order valence-electron chi connectivity index (χ3n) is 2.71. The van der Waals surface area contributed by atoms with Gasteiger partial charge < -0.3 is 4.98 Å². The summed E-state index contributed by atoms with van der Waals surface area (Å²) >= 11 is 5.93. The average molecular weight is 221 g/mol. The van der Waals surface area contributed by atoms with Gasteiger partial charge in [0.2, 0.25) is 0 Å². The lowest BCUT2D eigenvalue weighted by Crippen LogP contribution is -1.81. The fourth-order valence-corrected chi connectivity index (χ4v) is 1.91. The smallest absolute Gasteiger partial charge is 0.151 e. The summed E-state index contributed by atoms with van der Waals surface area (Å²) in [5.41, 5.74) is 2.23. The van der Waals surface area contributed by atoms with E-state index in [-0.39, 0.29) is 0 Å². The van der Waals surface area contributed by atoms with Crippen molar-refractivity contribution in [2.75, 3.05) is 0 Å². The van der Waals surface area contributed by atoms with Gasteiger partial charge in [-0.15, -0.1) is 0 Å². The van der Waals surface area contributed by atoms with Gasteiger partial charge in [0.15, 0.2) is 6.29 Å². The van der Waals surface area contributed by atoms with E-state index in [1.54, 1.807) is 12.1 Å². The van der Waals surface area contributed by atoms with E-state index in [1.807, 2.05) is 0 Å². The molecule has 15 heavy (non-hydrogen) atoms. The summed E-state index contributed by atoms with van der Waals surface area (Å²) < 4.78 is 0. The Morgan fingerprint density at radius 1 is 1.47 bits per heavy atom. The highest BCUT2D eigenvalue weighted by atomic mass is 35.5. The Morgan fingerprint density at radius 2 is 2.27 bits per heavy atom. The van der Waals surface area contributed by atoms with E-state index >= 15 is 0 Å². The molecular formula is C11H9ClN2O. The first-order chi connectivity index (χ1) is 7.28. The number of fused-ring (bicyclic) bond motifs is 1. The van der Waals surface area contributed by atoms with Crippen molar-refractivity contribution in [3.63, 3.8) is 0 Å². The number of aldehydes is 1. The van der Waals surface area contributed by atoms with Crippen LogP contribution in [0.1, 0.15) is 34.9 Å². The Bertz CT molecular complexity index is 543. The number of hydrogen-bond donors (Lipinski definition) is 1. The van der Waals surface area contributed by atoms with Crippen molar-refractivity contribution in [2.45, 2.75) is 18.8 Å². The van der Waals surface area contributed by atoms with Gasteiger partial charge in [-0.2, -0.15) is 0 Å². The van der Waals surface area contributed by atoms with Crippen LogP contribution in [-0.4, -0.2) is 16.3 Å². The summed E-state index contributed by atoms with van der Waals surface area (Å²) in [6.07, 6.45) is 3.16. The van der Waals surface area contributed by atoms with Crippen molar-refractivity contribution >= 4 is 28.9 Å². The molecule has 2 aromatic rings. The summed E-state index contributed by atoms with van der Waals surface area (Å²) in [4.78, 5) is 18.4. The molecule has 1 aromatic heterocycles. The number of aromatic amines is 1. The van der Waals surface area contributed by atoms with Crippen molar-refractivity contribution in [1.29, 1.82) is 0 Å². The van der Waals surface area contributed by atoms with Crippen molar-refractivity contribution in [1.82, 2.24) is 9.97 Å². The molecule has 0 saturated heterocycles. The lowest BCUT2D eigenvalue weighted by molar-refractivity contribution is 0.112. The van der Waals surface area contributed by atoms with E-state index in [2.05, 4.69) is 9.97 Å². The minimum atomic E-state index is 0.475. The fraction of sp³-hybridized carbons (Fsp3) is 0.273. The first-order valence-electron chi connectivity index (χ1n) is 4.92. The number of nitrogens with zero attached hydrogens (tertiary/aromatic N) is 1. The number of carbonyl (C=O) groups excluding carboxylic acids is 1. The quantitative estimate of drug-likeness (QED) is 0.791. The van der Waals surface area contributed by atoms with Crippen LogP contribution in [0.2, 0.25) is 5.02 Å². The van der Waals surface area contributed by atoms with Crippen LogP contribution in [0.3, 0.4) is 0 Å². The van der Waals surface area contributed by atoms with Crippen molar-refractivity contribution < 1.29 is 4.79 Å². The number of benzene rings is 1. The maximum atomic E-state index is 10.7. The lowest BCUT2D eigenvalue weighted by Gasteiger charge is -1.94. The topological polar surface area (TPSA) is 45.8 Å². The summed E-state index contributed by atoms with van der Waals surface area (Å²) in [7, 11) is 0. The number of imidazole rings is 1. The number of rotatable bonds is 2. The minimum absolute atomic E-state index is 0.475. The number of nitrogens with one attached hydrogen (secondary N) is 1. The van der Waals surface area contributed by atoms with Crippen LogP contribution in [0.4, 0.5) is 0 Å². The lowest BCUT2D eigenvalue weighted by atomic mass is 10.2. The molecule has 1 aliphatic carbocycles. The molecule has 0 spiro atoms. The Balaban J connectivity index is 2.20. The number of halogens is 1. The van der Waals surface area contributed by atoms with Crippen molar-refractivity contribution in [3.8, 4) is 0 Å². The SMILES string of the molecule is O=Cc1cc2nc(C3CC3)[nH]c2cc1Cl. The normalized spacial score (nSPS) is 15.8. The molecule has 1 heterocycles. The predicted molar refractivity (Wildman–Crippen MR) is 58.5 cm³/mol. The van der Waals surface area contributed by atoms with Gasteiger partial charge in [-0.3, -0.25) is 4.79 Å². The monoisotopic (exact) mass is 220 g/mol. The highest BCUT2D eigenvalue weighted by Gasteiger charge is 2.26. The molecule has 76 valence electrons. The molecule has 1 saturated carbocycles. The molecule has 1 aromatic carbocycles. The Labute approximate surface area is 91.5 Å². The maximum absolute atomic E-state index is 10.7. The third-order valence-corrected chi connectivity index (χ3v) is 3.04. The summed E-state index contributed by atoms with van der Waals surface area (Å²) in [5.74, 6) is 1.60. The van der Waals surface area contributed by atoms with E-state index in [9.17, 15) is 4.79 Å². The van der Waals surface area contributed by atoms with Crippen LogP contribution in [0, 0.1) is 0 Å². The molecule has 3 rings (SSSR count). The van der Waals surface area contributed by atoms with Gasteiger partial charge in [0.25, 0.3) is 0 Å². The molecule has 1 fully saturated rings. The highest BCUT2D eigenvalue weighted by molar-refractivity contribution is 6.33. The van der Waals surface area contributed by atoms with E-state index < -0.39 is 0 Å². The van der Waals surface area contributed by atoms with Crippen molar-refractivity contribution in [2.24, 2.45) is 0 Å². The average Bonchev–Trinajstić information content (AvgIpc) is 2.99. The highest BCUT2D eigenvalue weighted by Crippen LogP contribution is 2.39. The van der Waals surface area contributed by atoms with Gasteiger partial charge >= 0.3 is 0 Å². The van der Waals surface area contributed by atoms with Crippen LogP contribution >= 0.6 is 11.6 Å². The molecule has 0 bridgehead atoms. The van der Waals surface area contributed by atoms with Crippen LogP contribution < -0.4 is 0 Å². The third kappa shape index (κ3) is 1.43. The van der Waals surface area contributed by atoms with Crippen LogP contribution in [0.15, 0.2) is 12.1 Å². The second-order valence-electron chi connectivity index (χ2n) is 3.91. The first kappa shape index (κ1) is 8.92. The van der Waals surface area contributed by atoms with Gasteiger partial charge in [0.05, 0.1) is 16.1 Å². The van der Waals surface area contributed by atoms with Gasteiger partial charge in [-0.05, 0) is 25.0 Å². The fourth-order valence-electron chi connectivity index (χ4n) is 1.71. The molecule has 0 atom stereocenters. The summed E-state index contributed by atoms with van der Waals surface area (Å²) in [6.45, 7) is 0. The number of carbonyl (C=O) groups is 1. The Kier molecular flexibility index (Phi) is 1.83.